The fourth-order valence-corrected chi connectivity index (χ4v) is 2.35. The lowest BCUT2D eigenvalue weighted by atomic mass is 9.97. The van der Waals surface area contributed by atoms with Crippen molar-refractivity contribution in [2.75, 3.05) is 24.5 Å². The third kappa shape index (κ3) is 2.03. The largest absolute Gasteiger partial charge is 0.339 e. The predicted octanol–water partition coefficient (Wildman–Crippen LogP) is 1.04. The standard InChI is InChI=1S/C12H16FN5/c13-10-1-2-11-15-12(16-18(11)8-10)17-5-3-9(7-14)4-6-17/h1-2,8-9H,3-7,14H2. The van der Waals surface area contributed by atoms with Gasteiger partial charge in [-0.2, -0.15) is 4.98 Å². The van der Waals surface area contributed by atoms with Crippen molar-refractivity contribution in [1.29, 1.82) is 0 Å². The Hall–Kier alpha value is -1.69. The Bertz CT molecular complexity index is 544. The van der Waals surface area contributed by atoms with Crippen molar-refractivity contribution in [2.45, 2.75) is 12.8 Å². The Morgan fingerprint density at radius 1 is 1.33 bits per heavy atom. The van der Waals surface area contributed by atoms with E-state index in [1.165, 1.54) is 16.8 Å². The molecule has 5 nitrogen and oxygen atoms in total. The van der Waals surface area contributed by atoms with E-state index in [0.717, 1.165) is 32.5 Å². The highest BCUT2D eigenvalue weighted by molar-refractivity contribution is 5.44. The van der Waals surface area contributed by atoms with Gasteiger partial charge in [0.05, 0.1) is 6.20 Å². The summed E-state index contributed by atoms with van der Waals surface area (Å²) in [5, 5.41) is 4.31. The van der Waals surface area contributed by atoms with Gasteiger partial charge in [0.2, 0.25) is 5.95 Å². The molecule has 1 fully saturated rings. The van der Waals surface area contributed by atoms with Gasteiger partial charge in [0.15, 0.2) is 5.65 Å². The zero-order chi connectivity index (χ0) is 12.5. The van der Waals surface area contributed by atoms with E-state index in [4.69, 9.17) is 5.73 Å². The second-order valence-corrected chi connectivity index (χ2v) is 4.73. The first kappa shape index (κ1) is 11.4. The summed E-state index contributed by atoms with van der Waals surface area (Å²) in [6, 6.07) is 3.03. The maximum absolute atomic E-state index is 13.1. The molecule has 0 atom stereocenters. The van der Waals surface area contributed by atoms with Crippen LogP contribution < -0.4 is 10.6 Å². The zero-order valence-electron chi connectivity index (χ0n) is 10.1. The fraction of sp³-hybridized carbons (Fsp3) is 0.500. The van der Waals surface area contributed by atoms with E-state index in [9.17, 15) is 4.39 Å². The molecular weight excluding hydrogens is 233 g/mol. The molecule has 0 saturated carbocycles. The molecule has 0 unspecified atom stereocenters. The lowest BCUT2D eigenvalue weighted by molar-refractivity contribution is 0.411. The molecule has 0 radical (unpaired) electrons. The number of pyridine rings is 1. The van der Waals surface area contributed by atoms with Gasteiger partial charge in [-0.25, -0.2) is 8.91 Å². The van der Waals surface area contributed by atoms with E-state index in [1.807, 2.05) is 0 Å². The molecule has 96 valence electrons. The van der Waals surface area contributed by atoms with Gasteiger partial charge < -0.3 is 10.6 Å². The molecular formula is C12H16FN5. The molecule has 1 aliphatic heterocycles. The van der Waals surface area contributed by atoms with E-state index in [0.29, 0.717) is 17.5 Å². The summed E-state index contributed by atoms with van der Waals surface area (Å²) in [6.07, 6.45) is 3.49. The van der Waals surface area contributed by atoms with Crippen LogP contribution in [0.5, 0.6) is 0 Å². The molecule has 2 N–H and O–H groups in total. The number of anilines is 1. The summed E-state index contributed by atoms with van der Waals surface area (Å²) in [6.45, 7) is 2.58. The first-order valence-corrected chi connectivity index (χ1v) is 6.23. The molecule has 2 aromatic heterocycles. The van der Waals surface area contributed by atoms with Crippen LogP contribution in [0.25, 0.3) is 5.65 Å². The van der Waals surface area contributed by atoms with Gasteiger partial charge in [-0.3, -0.25) is 0 Å². The van der Waals surface area contributed by atoms with Gasteiger partial charge in [0, 0.05) is 13.1 Å². The summed E-state index contributed by atoms with van der Waals surface area (Å²) in [5.41, 5.74) is 6.34. The molecule has 18 heavy (non-hydrogen) atoms. The Morgan fingerprint density at radius 3 is 2.83 bits per heavy atom. The summed E-state index contributed by atoms with van der Waals surface area (Å²) < 4.78 is 14.6. The lowest BCUT2D eigenvalue weighted by Crippen LogP contribution is -2.36. The van der Waals surface area contributed by atoms with Crippen molar-refractivity contribution < 1.29 is 4.39 Å². The SMILES string of the molecule is NCC1CCN(c2nc3ccc(F)cn3n2)CC1. The monoisotopic (exact) mass is 249 g/mol. The normalized spacial score (nSPS) is 17.6. The van der Waals surface area contributed by atoms with Crippen LogP contribution in [-0.2, 0) is 0 Å². The van der Waals surface area contributed by atoms with Gasteiger partial charge in [0.25, 0.3) is 0 Å². The second-order valence-electron chi connectivity index (χ2n) is 4.73. The van der Waals surface area contributed by atoms with Gasteiger partial charge >= 0.3 is 0 Å². The molecule has 0 aliphatic carbocycles. The van der Waals surface area contributed by atoms with Gasteiger partial charge in [-0.15, -0.1) is 5.10 Å². The smallest absolute Gasteiger partial charge is 0.245 e. The first-order chi connectivity index (χ1) is 8.76. The van der Waals surface area contributed by atoms with E-state index in [1.54, 1.807) is 6.07 Å². The average Bonchev–Trinajstić information content (AvgIpc) is 2.81. The number of nitrogens with zero attached hydrogens (tertiary/aromatic N) is 4. The molecule has 0 aromatic carbocycles. The molecule has 3 heterocycles. The number of piperidine rings is 1. The number of rotatable bonds is 2. The van der Waals surface area contributed by atoms with Crippen molar-refractivity contribution in [3.05, 3.63) is 24.1 Å². The third-order valence-corrected chi connectivity index (χ3v) is 3.51. The maximum Gasteiger partial charge on any atom is 0.245 e. The van der Waals surface area contributed by atoms with Crippen LogP contribution in [0, 0.1) is 11.7 Å². The highest BCUT2D eigenvalue weighted by Crippen LogP contribution is 2.20. The van der Waals surface area contributed by atoms with Crippen LogP contribution >= 0.6 is 0 Å². The van der Waals surface area contributed by atoms with E-state index in [-0.39, 0.29) is 5.82 Å². The van der Waals surface area contributed by atoms with Crippen LogP contribution in [0.3, 0.4) is 0 Å². The topological polar surface area (TPSA) is 59.5 Å². The quantitative estimate of drug-likeness (QED) is 0.864. The number of nitrogens with two attached hydrogens (primary N) is 1. The minimum Gasteiger partial charge on any atom is -0.339 e. The zero-order valence-corrected chi connectivity index (χ0v) is 10.1. The molecule has 2 aromatic rings. The Morgan fingerprint density at radius 2 is 2.11 bits per heavy atom. The van der Waals surface area contributed by atoms with Crippen LogP contribution in [0.1, 0.15) is 12.8 Å². The first-order valence-electron chi connectivity index (χ1n) is 6.23. The van der Waals surface area contributed by atoms with Crippen molar-refractivity contribution in [3.63, 3.8) is 0 Å². The maximum atomic E-state index is 13.1. The van der Waals surface area contributed by atoms with Crippen LogP contribution in [0.4, 0.5) is 10.3 Å². The van der Waals surface area contributed by atoms with Crippen molar-refractivity contribution in [3.8, 4) is 0 Å². The van der Waals surface area contributed by atoms with Crippen LogP contribution in [0.2, 0.25) is 0 Å². The molecule has 0 bridgehead atoms. The number of hydrogen-bond acceptors (Lipinski definition) is 4. The molecule has 0 spiro atoms. The molecule has 6 heteroatoms. The number of aromatic nitrogens is 3. The Kier molecular flexibility index (Phi) is 2.87. The number of hydrogen-bond donors (Lipinski definition) is 1. The third-order valence-electron chi connectivity index (χ3n) is 3.51. The highest BCUT2D eigenvalue weighted by atomic mass is 19.1. The summed E-state index contributed by atoms with van der Waals surface area (Å²) in [4.78, 5) is 6.54. The number of fused-ring (bicyclic) bond motifs is 1. The lowest BCUT2D eigenvalue weighted by Gasteiger charge is -2.30. The van der Waals surface area contributed by atoms with Gasteiger partial charge in [-0.1, -0.05) is 0 Å². The minimum atomic E-state index is -0.305. The fourth-order valence-electron chi connectivity index (χ4n) is 2.35. The molecule has 1 aliphatic rings. The summed E-state index contributed by atoms with van der Waals surface area (Å²) >= 11 is 0. The van der Waals surface area contributed by atoms with Crippen molar-refractivity contribution >= 4 is 11.6 Å². The number of halogens is 1. The van der Waals surface area contributed by atoms with Crippen molar-refractivity contribution in [2.24, 2.45) is 11.7 Å². The Balaban J connectivity index is 1.82. The van der Waals surface area contributed by atoms with Crippen LogP contribution in [0.15, 0.2) is 18.3 Å². The second kappa shape index (κ2) is 4.53. The Labute approximate surface area is 104 Å². The average molecular weight is 249 g/mol. The molecule has 1 saturated heterocycles. The van der Waals surface area contributed by atoms with Crippen molar-refractivity contribution in [1.82, 2.24) is 14.6 Å². The predicted molar refractivity (Wildman–Crippen MR) is 66.9 cm³/mol. The molecule has 0 amide bonds. The van der Waals surface area contributed by atoms with Gasteiger partial charge in [0.1, 0.15) is 5.82 Å². The van der Waals surface area contributed by atoms with Crippen LogP contribution in [-0.4, -0.2) is 34.2 Å². The van der Waals surface area contributed by atoms with E-state index in [2.05, 4.69) is 15.0 Å². The van der Waals surface area contributed by atoms with E-state index < -0.39 is 0 Å². The summed E-state index contributed by atoms with van der Waals surface area (Å²) in [5.74, 6) is 0.979. The van der Waals surface area contributed by atoms with Gasteiger partial charge in [-0.05, 0) is 37.4 Å². The van der Waals surface area contributed by atoms with E-state index >= 15 is 0 Å². The molecule has 3 rings (SSSR count). The summed E-state index contributed by atoms with van der Waals surface area (Å²) in [7, 11) is 0. The highest BCUT2D eigenvalue weighted by Gasteiger charge is 2.21. The minimum absolute atomic E-state index is 0.305.